The first-order valence-electron chi connectivity index (χ1n) is 4.61. The van der Waals surface area contributed by atoms with Crippen molar-refractivity contribution >= 4 is 79.6 Å². The van der Waals surface area contributed by atoms with Gasteiger partial charge >= 0.3 is 0 Å². The van der Waals surface area contributed by atoms with Crippen LogP contribution in [0.15, 0.2) is 12.2 Å². The van der Waals surface area contributed by atoms with Crippen LogP contribution in [0, 0.1) is 0 Å². The second-order valence-electron chi connectivity index (χ2n) is 3.80. The van der Waals surface area contributed by atoms with E-state index in [2.05, 4.69) is 67.8 Å². The van der Waals surface area contributed by atoms with Crippen LogP contribution in [0.2, 0.25) is 0 Å². The summed E-state index contributed by atoms with van der Waals surface area (Å²) in [7, 11) is 0. The topological polar surface area (TPSA) is 46.6 Å². The van der Waals surface area contributed by atoms with E-state index in [0.29, 0.717) is 6.61 Å². The first-order chi connectivity index (χ1) is 7.34. The Balaban J connectivity index is 2.04. The molecule has 88 valence electrons. The van der Waals surface area contributed by atoms with Gasteiger partial charge in [-0.05, 0) is 80.6 Å². The average Bonchev–Trinajstić information content (AvgIpc) is 2.86. The zero-order chi connectivity index (χ0) is 12.0. The van der Waals surface area contributed by atoms with E-state index in [-0.39, 0.29) is 17.0 Å². The van der Waals surface area contributed by atoms with Crippen molar-refractivity contribution in [3.63, 3.8) is 0 Å². The summed E-state index contributed by atoms with van der Waals surface area (Å²) in [4.78, 5) is 24.4. The van der Waals surface area contributed by atoms with Crippen LogP contribution in [0.5, 0.6) is 0 Å². The van der Waals surface area contributed by atoms with E-state index in [1.54, 1.807) is 0 Å². The lowest BCUT2D eigenvalue weighted by Gasteiger charge is -2.27. The molecule has 2 amide bonds. The number of ether oxygens (including phenoxy) is 1. The first kappa shape index (κ1) is 13.5. The van der Waals surface area contributed by atoms with Gasteiger partial charge in [0.1, 0.15) is 0 Å². The Bertz CT molecular complexity index is 353. The van der Waals surface area contributed by atoms with Gasteiger partial charge in [0.05, 0.1) is 12.1 Å². The summed E-state index contributed by atoms with van der Waals surface area (Å²) >= 11 is 6.50. The van der Waals surface area contributed by atoms with Crippen LogP contribution < -0.4 is 0 Å². The molecule has 0 aromatic heterocycles. The molecule has 0 aromatic rings. The SMILES string of the molecule is O=C1C=CC(=O)N1C1(COC(I)(I)I)CC1. The van der Waals surface area contributed by atoms with E-state index >= 15 is 0 Å². The molecular formula is C9H8I3NO3. The quantitative estimate of drug-likeness (QED) is 0.303. The van der Waals surface area contributed by atoms with Crippen LogP contribution in [0.1, 0.15) is 12.8 Å². The molecule has 1 saturated carbocycles. The summed E-state index contributed by atoms with van der Waals surface area (Å²) in [5, 5.41) is 0. The molecule has 0 radical (unpaired) electrons. The van der Waals surface area contributed by atoms with Gasteiger partial charge in [0.15, 0.2) is 0 Å². The summed E-state index contributed by atoms with van der Waals surface area (Å²) in [5.74, 6) is -0.431. The standard InChI is InChI=1S/C9H8I3NO3/c10-9(11,12)16-5-8(3-4-8)13-6(14)1-2-7(13)15/h1-2H,3-5H2. The Morgan fingerprint density at radius 2 is 1.75 bits per heavy atom. The molecule has 2 rings (SSSR count). The molecule has 16 heavy (non-hydrogen) atoms. The lowest BCUT2D eigenvalue weighted by Crippen LogP contribution is -2.45. The van der Waals surface area contributed by atoms with Gasteiger partial charge in [-0.3, -0.25) is 14.5 Å². The molecule has 2 aliphatic rings. The highest BCUT2D eigenvalue weighted by molar-refractivity contribution is 14.3. The number of carbonyl (C=O) groups is 2. The Kier molecular flexibility index (Phi) is 3.88. The monoisotopic (exact) mass is 559 g/mol. The highest BCUT2D eigenvalue weighted by atomic mass is 127. The van der Waals surface area contributed by atoms with Crippen LogP contribution in [0.3, 0.4) is 0 Å². The fourth-order valence-electron chi connectivity index (χ4n) is 1.66. The summed E-state index contributed by atoms with van der Waals surface area (Å²) in [6, 6.07) is 0. The Labute approximate surface area is 134 Å². The minimum atomic E-state index is -0.384. The Morgan fingerprint density at radius 1 is 1.25 bits per heavy atom. The number of imide groups is 1. The summed E-state index contributed by atoms with van der Waals surface area (Å²) < 4.78 is 5.32. The fourth-order valence-corrected chi connectivity index (χ4v) is 2.13. The second-order valence-corrected chi connectivity index (χ2v) is 14.6. The highest BCUT2D eigenvalue weighted by Crippen LogP contribution is 2.46. The van der Waals surface area contributed by atoms with Gasteiger partial charge in [0.2, 0.25) is -0.379 Å². The number of hydrogen-bond acceptors (Lipinski definition) is 3. The first-order valence-corrected chi connectivity index (χ1v) is 7.85. The smallest absolute Gasteiger partial charge is 0.254 e. The van der Waals surface area contributed by atoms with Crippen LogP contribution in [-0.4, -0.2) is 28.5 Å². The van der Waals surface area contributed by atoms with Crippen molar-refractivity contribution in [3.8, 4) is 0 Å². The maximum absolute atomic E-state index is 11.6. The summed E-state index contributed by atoms with van der Waals surface area (Å²) in [6.07, 6.45) is 4.33. The molecule has 4 nitrogen and oxygen atoms in total. The molecule has 1 aliphatic heterocycles. The number of hydrogen-bond donors (Lipinski definition) is 0. The van der Waals surface area contributed by atoms with Gasteiger partial charge in [-0.2, -0.15) is 0 Å². The minimum absolute atomic E-state index is 0.216. The minimum Gasteiger partial charge on any atom is -0.345 e. The lowest BCUT2D eigenvalue weighted by atomic mass is 10.2. The maximum Gasteiger partial charge on any atom is 0.254 e. The molecule has 0 bridgehead atoms. The zero-order valence-electron chi connectivity index (χ0n) is 8.08. The third-order valence-corrected chi connectivity index (χ3v) is 3.55. The Morgan fingerprint density at radius 3 is 2.12 bits per heavy atom. The van der Waals surface area contributed by atoms with E-state index in [4.69, 9.17) is 4.74 Å². The van der Waals surface area contributed by atoms with Gasteiger partial charge in [0, 0.05) is 12.2 Å². The van der Waals surface area contributed by atoms with Gasteiger partial charge < -0.3 is 4.74 Å². The molecule has 0 unspecified atom stereocenters. The average molecular weight is 559 g/mol. The van der Waals surface area contributed by atoms with Gasteiger partial charge in [0.25, 0.3) is 11.8 Å². The van der Waals surface area contributed by atoms with Gasteiger partial charge in [-0.25, -0.2) is 0 Å². The third kappa shape index (κ3) is 2.88. The summed E-state index contributed by atoms with van der Waals surface area (Å²) in [6.45, 7) is 0.418. The maximum atomic E-state index is 11.6. The largest absolute Gasteiger partial charge is 0.345 e. The van der Waals surface area contributed by atoms with Crippen molar-refractivity contribution < 1.29 is 14.3 Å². The fraction of sp³-hybridized carbons (Fsp3) is 0.556. The van der Waals surface area contributed by atoms with E-state index in [9.17, 15) is 9.59 Å². The number of halogens is 3. The highest BCUT2D eigenvalue weighted by Gasteiger charge is 2.54. The molecule has 1 fully saturated rings. The van der Waals surface area contributed by atoms with Crippen LogP contribution in [-0.2, 0) is 14.3 Å². The van der Waals surface area contributed by atoms with Gasteiger partial charge in [-0.1, -0.05) is 0 Å². The van der Waals surface area contributed by atoms with Crippen LogP contribution >= 0.6 is 67.8 Å². The number of amides is 2. The third-order valence-electron chi connectivity index (χ3n) is 2.62. The predicted molar refractivity (Wildman–Crippen MR) is 83.7 cm³/mol. The molecule has 0 spiro atoms. The van der Waals surface area contributed by atoms with Crippen molar-refractivity contribution in [2.75, 3.05) is 6.61 Å². The predicted octanol–water partition coefficient (Wildman–Crippen LogP) is 2.38. The van der Waals surface area contributed by atoms with Crippen molar-refractivity contribution in [2.24, 2.45) is 0 Å². The van der Waals surface area contributed by atoms with Crippen LogP contribution in [0.25, 0.3) is 0 Å². The van der Waals surface area contributed by atoms with E-state index in [1.165, 1.54) is 17.1 Å². The van der Waals surface area contributed by atoms with Crippen molar-refractivity contribution in [1.82, 2.24) is 4.90 Å². The molecule has 0 saturated heterocycles. The Hall–Kier alpha value is 1.03. The molecule has 7 heteroatoms. The molecule has 0 atom stereocenters. The van der Waals surface area contributed by atoms with Crippen molar-refractivity contribution in [2.45, 2.75) is 18.0 Å². The molecule has 1 heterocycles. The number of rotatable bonds is 4. The van der Waals surface area contributed by atoms with Crippen LogP contribution in [0.4, 0.5) is 0 Å². The van der Waals surface area contributed by atoms with E-state index in [0.717, 1.165) is 12.8 Å². The molecule has 1 aliphatic carbocycles. The van der Waals surface area contributed by atoms with E-state index in [1.807, 2.05) is 0 Å². The van der Waals surface area contributed by atoms with Crippen molar-refractivity contribution in [3.05, 3.63) is 12.2 Å². The number of carbonyl (C=O) groups excluding carboxylic acids is 2. The normalized spacial score (nSPS) is 23.1. The van der Waals surface area contributed by atoms with Crippen molar-refractivity contribution in [1.29, 1.82) is 0 Å². The van der Waals surface area contributed by atoms with E-state index < -0.39 is 0 Å². The second kappa shape index (κ2) is 4.61. The number of nitrogens with zero attached hydrogens (tertiary/aromatic N) is 1. The lowest BCUT2D eigenvalue weighted by molar-refractivity contribution is -0.142. The number of alkyl halides is 3. The molecule has 0 aromatic carbocycles. The van der Waals surface area contributed by atoms with Gasteiger partial charge in [-0.15, -0.1) is 0 Å². The molecular weight excluding hydrogens is 551 g/mol. The molecule has 0 N–H and O–H groups in total. The zero-order valence-corrected chi connectivity index (χ0v) is 14.6. The summed E-state index contributed by atoms with van der Waals surface area (Å²) in [5.41, 5.74) is -0.384.